The van der Waals surface area contributed by atoms with Crippen LogP contribution in [0.2, 0.25) is 0 Å². The normalized spacial score (nSPS) is 21.3. The van der Waals surface area contributed by atoms with Gasteiger partial charge in [0.1, 0.15) is 5.65 Å². The second kappa shape index (κ2) is 6.53. The number of hydrogen-bond donors (Lipinski definition) is 1. The van der Waals surface area contributed by atoms with Gasteiger partial charge in [-0.3, -0.25) is 9.20 Å². The first kappa shape index (κ1) is 17.1. The molecule has 2 aromatic heterocycles. The largest absolute Gasteiger partial charge is 0.454 e. The molecule has 0 unspecified atom stereocenters. The molecule has 2 aliphatic rings. The molecule has 0 radical (unpaired) electrons. The van der Waals surface area contributed by atoms with Crippen molar-refractivity contribution < 1.29 is 9.47 Å². The smallest absolute Gasteiger partial charge is 0.258 e. The van der Waals surface area contributed by atoms with E-state index < -0.39 is 0 Å². The Morgan fingerprint density at radius 1 is 1.04 bits per heavy atom. The Bertz CT molecular complexity index is 1100. The molecular weight excluding hydrogens is 356 g/mol. The molecule has 1 aromatic carbocycles. The first-order chi connectivity index (χ1) is 13.6. The molecule has 0 saturated carbocycles. The van der Waals surface area contributed by atoms with Gasteiger partial charge in [-0.05, 0) is 44.2 Å². The summed E-state index contributed by atoms with van der Waals surface area (Å²) >= 11 is 0. The fourth-order valence-corrected chi connectivity index (χ4v) is 4.02. The average molecular weight is 378 g/mol. The van der Waals surface area contributed by atoms with E-state index in [-0.39, 0.29) is 12.4 Å². The maximum atomic E-state index is 12.8. The molecule has 2 atom stereocenters. The molecule has 0 amide bonds. The second-order valence-electron chi connectivity index (χ2n) is 7.54. The predicted octanol–water partition coefficient (Wildman–Crippen LogP) is 2.28. The fourth-order valence-electron chi connectivity index (χ4n) is 4.02. The minimum absolute atomic E-state index is 0.101. The van der Waals surface area contributed by atoms with E-state index in [0.29, 0.717) is 34.9 Å². The summed E-state index contributed by atoms with van der Waals surface area (Å²) in [5.41, 5.74) is 3.02. The van der Waals surface area contributed by atoms with E-state index in [1.165, 1.54) is 0 Å². The van der Waals surface area contributed by atoms with Crippen molar-refractivity contribution in [3.8, 4) is 22.8 Å². The van der Waals surface area contributed by atoms with Gasteiger partial charge in [-0.15, -0.1) is 0 Å². The highest BCUT2D eigenvalue weighted by Crippen LogP contribution is 2.35. The Hall–Kier alpha value is -3.06. The second-order valence-corrected chi connectivity index (χ2v) is 7.54. The molecule has 0 aliphatic carbocycles. The molecule has 3 aromatic rings. The van der Waals surface area contributed by atoms with Crippen molar-refractivity contribution >= 4 is 11.3 Å². The third-order valence-electron chi connectivity index (χ3n) is 5.23. The number of pyridine rings is 1. The van der Waals surface area contributed by atoms with Gasteiger partial charge in [0.05, 0.1) is 11.4 Å². The van der Waals surface area contributed by atoms with Crippen LogP contribution >= 0.6 is 0 Å². The molecule has 4 heterocycles. The van der Waals surface area contributed by atoms with Crippen LogP contribution in [0, 0.1) is 0 Å². The van der Waals surface area contributed by atoms with Crippen LogP contribution in [-0.4, -0.2) is 41.4 Å². The SMILES string of the molecule is C[C@@H]1CN(c2ccc3nc(-c4ccc5c(c4)OCO5)cc(=O)n3c2)C[C@H](C)N1. The van der Waals surface area contributed by atoms with E-state index in [9.17, 15) is 4.79 Å². The van der Waals surface area contributed by atoms with E-state index in [1.54, 1.807) is 10.5 Å². The molecular formula is C21H22N4O3. The van der Waals surface area contributed by atoms with E-state index >= 15 is 0 Å². The Morgan fingerprint density at radius 2 is 1.82 bits per heavy atom. The Morgan fingerprint density at radius 3 is 2.64 bits per heavy atom. The van der Waals surface area contributed by atoms with Crippen LogP contribution in [0.1, 0.15) is 13.8 Å². The minimum Gasteiger partial charge on any atom is -0.454 e. The van der Waals surface area contributed by atoms with Crippen LogP contribution < -0.4 is 25.2 Å². The monoisotopic (exact) mass is 378 g/mol. The molecule has 1 fully saturated rings. The quantitative estimate of drug-likeness (QED) is 0.738. The van der Waals surface area contributed by atoms with Crippen LogP contribution in [0.5, 0.6) is 11.5 Å². The molecule has 28 heavy (non-hydrogen) atoms. The Kier molecular flexibility index (Phi) is 3.98. The number of nitrogens with one attached hydrogen (secondary N) is 1. The molecule has 7 nitrogen and oxygen atoms in total. The van der Waals surface area contributed by atoms with E-state index in [2.05, 4.69) is 29.0 Å². The van der Waals surface area contributed by atoms with Gasteiger partial charge in [0.15, 0.2) is 11.5 Å². The van der Waals surface area contributed by atoms with Crippen molar-refractivity contribution in [3.63, 3.8) is 0 Å². The molecule has 144 valence electrons. The predicted molar refractivity (Wildman–Crippen MR) is 107 cm³/mol. The third kappa shape index (κ3) is 2.97. The van der Waals surface area contributed by atoms with E-state index in [4.69, 9.17) is 9.47 Å². The highest BCUT2D eigenvalue weighted by Gasteiger charge is 2.21. The molecule has 0 spiro atoms. The van der Waals surface area contributed by atoms with E-state index in [0.717, 1.165) is 24.3 Å². The zero-order valence-electron chi connectivity index (χ0n) is 15.9. The molecule has 7 heteroatoms. The van der Waals surface area contributed by atoms with Crippen molar-refractivity contribution in [3.05, 3.63) is 52.9 Å². The fraction of sp³-hybridized carbons (Fsp3) is 0.333. The molecule has 5 rings (SSSR count). The highest BCUT2D eigenvalue weighted by atomic mass is 16.7. The number of rotatable bonds is 2. The van der Waals surface area contributed by atoms with E-state index in [1.807, 2.05) is 36.5 Å². The van der Waals surface area contributed by atoms with Crippen molar-refractivity contribution in [1.82, 2.24) is 14.7 Å². The van der Waals surface area contributed by atoms with Gasteiger partial charge in [-0.2, -0.15) is 0 Å². The summed E-state index contributed by atoms with van der Waals surface area (Å²) in [7, 11) is 0. The van der Waals surface area contributed by atoms with Crippen molar-refractivity contribution in [2.75, 3.05) is 24.8 Å². The third-order valence-corrected chi connectivity index (χ3v) is 5.23. The van der Waals surface area contributed by atoms with Crippen molar-refractivity contribution in [1.29, 1.82) is 0 Å². The van der Waals surface area contributed by atoms with Crippen LogP contribution in [0.3, 0.4) is 0 Å². The number of hydrogen-bond acceptors (Lipinski definition) is 6. The summed E-state index contributed by atoms with van der Waals surface area (Å²) in [4.78, 5) is 19.8. The van der Waals surface area contributed by atoms with Crippen LogP contribution in [0.4, 0.5) is 5.69 Å². The number of anilines is 1. The molecule has 0 bridgehead atoms. The number of ether oxygens (including phenoxy) is 2. The Labute approximate surface area is 162 Å². The van der Waals surface area contributed by atoms with Gasteiger partial charge in [0, 0.05) is 43.0 Å². The zero-order chi connectivity index (χ0) is 19.3. The number of fused-ring (bicyclic) bond motifs is 2. The Balaban J connectivity index is 1.53. The lowest BCUT2D eigenvalue weighted by Crippen LogP contribution is -2.54. The number of aromatic nitrogens is 2. The van der Waals surface area contributed by atoms with Gasteiger partial charge >= 0.3 is 0 Å². The van der Waals surface area contributed by atoms with Crippen LogP contribution in [0.25, 0.3) is 16.9 Å². The lowest BCUT2D eigenvalue weighted by Gasteiger charge is -2.37. The maximum Gasteiger partial charge on any atom is 0.258 e. The number of benzene rings is 1. The summed E-state index contributed by atoms with van der Waals surface area (Å²) in [6.45, 7) is 6.39. The number of nitrogens with zero attached hydrogens (tertiary/aromatic N) is 3. The van der Waals surface area contributed by atoms with Gasteiger partial charge < -0.3 is 19.7 Å². The topological polar surface area (TPSA) is 68.1 Å². The highest BCUT2D eigenvalue weighted by molar-refractivity contribution is 5.66. The first-order valence-corrected chi connectivity index (χ1v) is 9.51. The first-order valence-electron chi connectivity index (χ1n) is 9.51. The molecule has 1 saturated heterocycles. The summed E-state index contributed by atoms with van der Waals surface area (Å²) in [6, 6.07) is 11.9. The standard InChI is InChI=1S/C21H22N4O3/c1-13-9-24(10-14(2)22-13)16-4-6-20-23-17(8-21(26)25(20)11-16)15-3-5-18-19(7-15)28-12-27-18/h3-8,11,13-14,22H,9-10,12H2,1-2H3/t13-,14+. The van der Waals surface area contributed by atoms with Crippen molar-refractivity contribution in [2.24, 2.45) is 0 Å². The average Bonchev–Trinajstić information content (AvgIpc) is 3.14. The lowest BCUT2D eigenvalue weighted by molar-refractivity contribution is 0.174. The summed E-state index contributed by atoms with van der Waals surface area (Å²) in [5, 5.41) is 3.53. The van der Waals surface area contributed by atoms with Gasteiger partial charge in [0.2, 0.25) is 6.79 Å². The lowest BCUT2D eigenvalue weighted by atomic mass is 10.1. The van der Waals surface area contributed by atoms with Gasteiger partial charge in [0.25, 0.3) is 5.56 Å². The summed E-state index contributed by atoms with van der Waals surface area (Å²) < 4.78 is 12.4. The number of piperazine rings is 1. The summed E-state index contributed by atoms with van der Waals surface area (Å²) in [6.07, 6.45) is 1.89. The van der Waals surface area contributed by atoms with Gasteiger partial charge in [-0.1, -0.05) is 0 Å². The van der Waals surface area contributed by atoms with Gasteiger partial charge in [-0.25, -0.2) is 4.98 Å². The molecule has 2 aliphatic heterocycles. The zero-order valence-corrected chi connectivity index (χ0v) is 15.9. The van der Waals surface area contributed by atoms with Crippen LogP contribution in [-0.2, 0) is 0 Å². The minimum atomic E-state index is -0.101. The van der Waals surface area contributed by atoms with Crippen molar-refractivity contribution in [2.45, 2.75) is 25.9 Å². The molecule has 1 N–H and O–H groups in total. The maximum absolute atomic E-state index is 12.8. The summed E-state index contributed by atoms with van der Waals surface area (Å²) in [5.74, 6) is 1.39. The van der Waals surface area contributed by atoms with Crippen LogP contribution in [0.15, 0.2) is 47.4 Å².